The van der Waals surface area contributed by atoms with E-state index in [0.29, 0.717) is 17.3 Å². The lowest BCUT2D eigenvalue weighted by Gasteiger charge is -2.11. The van der Waals surface area contributed by atoms with Gasteiger partial charge in [-0.3, -0.25) is 0 Å². The fourth-order valence-corrected chi connectivity index (χ4v) is 1.89. The molecule has 2 aromatic carbocycles. The van der Waals surface area contributed by atoms with Gasteiger partial charge in [-0.2, -0.15) is 0 Å². The smallest absolute Gasteiger partial charge is 0.128 e. The highest BCUT2D eigenvalue weighted by molar-refractivity contribution is 6.30. The van der Waals surface area contributed by atoms with Crippen molar-refractivity contribution in [3.8, 4) is 11.5 Å². The Morgan fingerprint density at radius 3 is 2.50 bits per heavy atom. The van der Waals surface area contributed by atoms with Crippen LogP contribution >= 0.6 is 23.2 Å². The molecule has 0 aliphatic carbocycles. The normalized spacial score (nSPS) is 11.9. The maximum absolute atomic E-state index is 9.36. The maximum atomic E-state index is 9.36. The summed E-state index contributed by atoms with van der Waals surface area (Å²) in [6.07, 6.45) is -0.556. The molecule has 0 aliphatic rings. The van der Waals surface area contributed by atoms with Gasteiger partial charge in [0.15, 0.2) is 0 Å². The van der Waals surface area contributed by atoms with Gasteiger partial charge in [0.1, 0.15) is 11.5 Å². The summed E-state index contributed by atoms with van der Waals surface area (Å²) >= 11 is 11.4. The van der Waals surface area contributed by atoms with Crippen molar-refractivity contribution >= 4 is 28.9 Å². The molecule has 0 radical (unpaired) electrons. The van der Waals surface area contributed by atoms with Gasteiger partial charge in [0.2, 0.25) is 0 Å². The Labute approximate surface area is 128 Å². The van der Waals surface area contributed by atoms with Crippen LogP contribution in [0.3, 0.4) is 0 Å². The molecule has 2 N–H and O–H groups in total. The zero-order valence-corrected chi connectivity index (χ0v) is 12.2. The first-order chi connectivity index (χ1) is 9.67. The van der Waals surface area contributed by atoms with Crippen LogP contribution in [0.5, 0.6) is 11.5 Å². The third kappa shape index (κ3) is 4.60. The number of alkyl halides is 1. The van der Waals surface area contributed by atoms with E-state index < -0.39 is 6.10 Å². The molecule has 0 amide bonds. The Morgan fingerprint density at radius 1 is 1.10 bits per heavy atom. The van der Waals surface area contributed by atoms with Crippen molar-refractivity contribution in [1.29, 1.82) is 0 Å². The average Bonchev–Trinajstić information content (AvgIpc) is 2.46. The predicted octanol–water partition coefficient (Wildman–Crippen LogP) is 4.14. The first-order valence-corrected chi connectivity index (χ1v) is 7.10. The summed E-state index contributed by atoms with van der Waals surface area (Å²) in [5, 5.41) is 13.1. The zero-order chi connectivity index (χ0) is 14.4. The van der Waals surface area contributed by atoms with Gasteiger partial charge in [-0.1, -0.05) is 17.7 Å². The van der Waals surface area contributed by atoms with Crippen LogP contribution in [0.2, 0.25) is 5.02 Å². The highest BCUT2D eigenvalue weighted by Crippen LogP contribution is 2.25. The molecule has 0 aromatic heterocycles. The summed E-state index contributed by atoms with van der Waals surface area (Å²) in [6, 6.07) is 14.7. The van der Waals surface area contributed by atoms with Gasteiger partial charge < -0.3 is 15.2 Å². The molecule has 0 aliphatic heterocycles. The van der Waals surface area contributed by atoms with Gasteiger partial charge in [-0.15, -0.1) is 11.6 Å². The van der Waals surface area contributed by atoms with Crippen molar-refractivity contribution in [3.05, 3.63) is 53.6 Å². The average molecular weight is 312 g/mol. The molecule has 1 atom stereocenters. The van der Waals surface area contributed by atoms with Crippen molar-refractivity contribution in [3.63, 3.8) is 0 Å². The SMILES string of the molecule is OC(CCl)CNc1ccc(Oc2cccc(Cl)c2)cc1. The van der Waals surface area contributed by atoms with Gasteiger partial charge >= 0.3 is 0 Å². The topological polar surface area (TPSA) is 41.5 Å². The van der Waals surface area contributed by atoms with E-state index in [0.717, 1.165) is 11.4 Å². The van der Waals surface area contributed by atoms with Gasteiger partial charge in [0.05, 0.1) is 12.0 Å². The number of nitrogens with one attached hydrogen (secondary N) is 1. The van der Waals surface area contributed by atoms with E-state index in [-0.39, 0.29) is 5.88 Å². The van der Waals surface area contributed by atoms with Crippen molar-refractivity contribution < 1.29 is 9.84 Å². The first-order valence-electron chi connectivity index (χ1n) is 6.19. The molecular weight excluding hydrogens is 297 g/mol. The number of anilines is 1. The molecule has 0 saturated heterocycles. The molecule has 106 valence electrons. The third-order valence-electron chi connectivity index (χ3n) is 2.61. The summed E-state index contributed by atoms with van der Waals surface area (Å²) in [5.41, 5.74) is 0.896. The fraction of sp³-hybridized carbons (Fsp3) is 0.200. The lowest BCUT2D eigenvalue weighted by molar-refractivity contribution is 0.211. The van der Waals surface area contributed by atoms with Crippen LogP contribution < -0.4 is 10.1 Å². The molecular formula is C15H15Cl2NO2. The molecule has 1 unspecified atom stereocenters. The molecule has 2 aromatic rings. The van der Waals surface area contributed by atoms with Crippen molar-refractivity contribution in [2.45, 2.75) is 6.10 Å². The largest absolute Gasteiger partial charge is 0.457 e. The molecule has 20 heavy (non-hydrogen) atoms. The monoisotopic (exact) mass is 311 g/mol. The molecule has 0 heterocycles. The quantitative estimate of drug-likeness (QED) is 0.788. The summed E-state index contributed by atoms with van der Waals surface area (Å²) in [5.74, 6) is 1.62. The predicted molar refractivity (Wildman–Crippen MR) is 83.2 cm³/mol. The minimum atomic E-state index is -0.556. The van der Waals surface area contributed by atoms with Crippen LogP contribution in [0.4, 0.5) is 5.69 Å². The molecule has 0 saturated carbocycles. The Bertz CT molecular complexity index is 546. The highest BCUT2D eigenvalue weighted by atomic mass is 35.5. The summed E-state index contributed by atoms with van der Waals surface area (Å²) in [4.78, 5) is 0. The van der Waals surface area contributed by atoms with E-state index in [9.17, 15) is 5.11 Å². The van der Waals surface area contributed by atoms with Crippen LogP contribution in [-0.2, 0) is 0 Å². The number of halogens is 2. The Kier molecular flexibility index (Phi) is 5.53. The Balaban J connectivity index is 1.94. The second kappa shape index (κ2) is 7.39. The first kappa shape index (κ1) is 15.0. The van der Waals surface area contributed by atoms with Gasteiger partial charge in [0, 0.05) is 17.3 Å². The molecule has 5 heteroatoms. The second-order valence-corrected chi connectivity index (χ2v) is 5.02. The van der Waals surface area contributed by atoms with E-state index in [1.165, 1.54) is 0 Å². The number of hydrogen-bond acceptors (Lipinski definition) is 3. The third-order valence-corrected chi connectivity index (χ3v) is 3.20. The number of aliphatic hydroxyl groups excluding tert-OH is 1. The van der Waals surface area contributed by atoms with E-state index >= 15 is 0 Å². The Hall–Kier alpha value is -1.42. The number of aliphatic hydroxyl groups is 1. The maximum Gasteiger partial charge on any atom is 0.128 e. The lowest BCUT2D eigenvalue weighted by Crippen LogP contribution is -2.20. The van der Waals surface area contributed by atoms with Gasteiger partial charge in [-0.25, -0.2) is 0 Å². The van der Waals surface area contributed by atoms with Crippen molar-refractivity contribution in [1.82, 2.24) is 0 Å². The fourth-order valence-electron chi connectivity index (χ4n) is 1.60. The Morgan fingerprint density at radius 2 is 1.85 bits per heavy atom. The van der Waals surface area contributed by atoms with E-state index in [2.05, 4.69) is 5.32 Å². The van der Waals surface area contributed by atoms with Crippen LogP contribution in [0.15, 0.2) is 48.5 Å². The summed E-state index contributed by atoms with van der Waals surface area (Å²) < 4.78 is 5.68. The van der Waals surface area contributed by atoms with Gasteiger partial charge in [-0.05, 0) is 42.5 Å². The zero-order valence-electron chi connectivity index (χ0n) is 10.7. The molecule has 0 bridgehead atoms. The highest BCUT2D eigenvalue weighted by Gasteiger charge is 2.02. The van der Waals surface area contributed by atoms with Crippen molar-refractivity contribution in [2.75, 3.05) is 17.7 Å². The number of hydrogen-bond donors (Lipinski definition) is 2. The lowest BCUT2D eigenvalue weighted by atomic mass is 10.3. The molecule has 0 fully saturated rings. The minimum Gasteiger partial charge on any atom is -0.457 e. The van der Waals surface area contributed by atoms with Crippen LogP contribution in [-0.4, -0.2) is 23.6 Å². The summed E-state index contributed by atoms with van der Waals surface area (Å²) in [7, 11) is 0. The second-order valence-electron chi connectivity index (χ2n) is 4.27. The van der Waals surface area contributed by atoms with E-state index in [1.807, 2.05) is 36.4 Å². The van der Waals surface area contributed by atoms with E-state index in [4.69, 9.17) is 27.9 Å². The van der Waals surface area contributed by atoms with Gasteiger partial charge in [0.25, 0.3) is 0 Å². The van der Waals surface area contributed by atoms with E-state index in [1.54, 1.807) is 12.1 Å². The van der Waals surface area contributed by atoms with Crippen LogP contribution in [0.25, 0.3) is 0 Å². The molecule has 2 rings (SSSR count). The summed E-state index contributed by atoms with van der Waals surface area (Å²) in [6.45, 7) is 0.415. The standard InChI is InChI=1S/C15H15Cl2NO2/c16-9-13(19)10-18-12-4-6-14(7-5-12)20-15-3-1-2-11(17)8-15/h1-8,13,18-19H,9-10H2. The number of benzene rings is 2. The molecule has 0 spiro atoms. The number of ether oxygens (including phenoxy) is 1. The van der Waals surface area contributed by atoms with Crippen LogP contribution in [0, 0.1) is 0 Å². The molecule has 3 nitrogen and oxygen atoms in total. The number of rotatable bonds is 6. The van der Waals surface area contributed by atoms with Crippen molar-refractivity contribution in [2.24, 2.45) is 0 Å². The van der Waals surface area contributed by atoms with Crippen LogP contribution in [0.1, 0.15) is 0 Å². The minimum absolute atomic E-state index is 0.211.